The molecule has 2 aromatic heterocycles. The van der Waals surface area contributed by atoms with Gasteiger partial charge in [0.1, 0.15) is 0 Å². The Morgan fingerprint density at radius 1 is 1.35 bits per heavy atom. The van der Waals surface area contributed by atoms with Crippen molar-refractivity contribution in [2.75, 3.05) is 5.32 Å². The molecule has 1 saturated carbocycles. The molecular formula is C12H17N5. The number of aromatic nitrogens is 4. The summed E-state index contributed by atoms with van der Waals surface area (Å²) in [5, 5.41) is 7.73. The fourth-order valence-corrected chi connectivity index (χ4v) is 1.86. The van der Waals surface area contributed by atoms with Crippen molar-refractivity contribution in [2.45, 2.75) is 38.8 Å². The van der Waals surface area contributed by atoms with Gasteiger partial charge in [0, 0.05) is 36.7 Å². The van der Waals surface area contributed by atoms with Crippen LogP contribution in [0.1, 0.15) is 38.8 Å². The molecule has 0 bridgehead atoms. The molecule has 0 aromatic carbocycles. The Hall–Kier alpha value is -1.78. The third kappa shape index (κ3) is 2.05. The summed E-state index contributed by atoms with van der Waals surface area (Å²) in [4.78, 5) is 4.33. The standard InChI is InChI=1S/C12H17N5/c1-9(2)17-7-5-11(15-17)14-12-13-6-8-16(12)10-3-4-10/h5-10H,3-4H2,1-2H3,(H,13,14,15). The van der Waals surface area contributed by atoms with Gasteiger partial charge >= 0.3 is 0 Å². The molecule has 0 aliphatic heterocycles. The lowest BCUT2D eigenvalue weighted by Gasteiger charge is -2.07. The first kappa shape index (κ1) is 10.4. The van der Waals surface area contributed by atoms with E-state index in [0.29, 0.717) is 12.1 Å². The van der Waals surface area contributed by atoms with E-state index in [9.17, 15) is 0 Å². The molecule has 0 atom stereocenters. The molecule has 1 N–H and O–H groups in total. The minimum atomic E-state index is 0.383. The molecule has 1 aliphatic carbocycles. The average Bonchev–Trinajstić information content (AvgIpc) is 2.86. The molecule has 2 heterocycles. The smallest absolute Gasteiger partial charge is 0.208 e. The van der Waals surface area contributed by atoms with E-state index >= 15 is 0 Å². The Labute approximate surface area is 100 Å². The Morgan fingerprint density at radius 3 is 2.82 bits per heavy atom. The molecule has 1 aliphatic rings. The monoisotopic (exact) mass is 231 g/mol. The lowest BCUT2D eigenvalue weighted by molar-refractivity contribution is 0.534. The SMILES string of the molecule is CC(C)n1ccc(Nc2nccn2C2CC2)n1. The Balaban J connectivity index is 1.78. The van der Waals surface area contributed by atoms with Crippen molar-refractivity contribution in [1.29, 1.82) is 0 Å². The first-order valence-corrected chi connectivity index (χ1v) is 6.09. The van der Waals surface area contributed by atoms with Gasteiger partial charge in [0.25, 0.3) is 0 Å². The van der Waals surface area contributed by atoms with Crippen LogP contribution in [0.3, 0.4) is 0 Å². The van der Waals surface area contributed by atoms with E-state index in [0.717, 1.165) is 11.8 Å². The third-order valence-corrected chi connectivity index (χ3v) is 2.99. The van der Waals surface area contributed by atoms with E-state index in [1.54, 1.807) is 0 Å². The Bertz CT molecular complexity index is 506. The number of nitrogens with zero attached hydrogens (tertiary/aromatic N) is 4. The summed E-state index contributed by atoms with van der Waals surface area (Å²) in [7, 11) is 0. The van der Waals surface area contributed by atoms with Crippen molar-refractivity contribution in [3.63, 3.8) is 0 Å². The van der Waals surface area contributed by atoms with Gasteiger partial charge in [-0.1, -0.05) is 0 Å². The van der Waals surface area contributed by atoms with Gasteiger partial charge in [0.05, 0.1) is 0 Å². The summed E-state index contributed by atoms with van der Waals surface area (Å²) in [5.41, 5.74) is 0. The minimum Gasteiger partial charge on any atom is -0.314 e. The van der Waals surface area contributed by atoms with Crippen molar-refractivity contribution in [3.05, 3.63) is 24.7 Å². The first-order chi connectivity index (χ1) is 8.24. The molecule has 3 rings (SSSR count). The van der Waals surface area contributed by atoms with Gasteiger partial charge in [-0.15, -0.1) is 0 Å². The number of anilines is 2. The van der Waals surface area contributed by atoms with Crippen LogP contribution in [0, 0.1) is 0 Å². The van der Waals surface area contributed by atoms with Crippen LogP contribution in [0.25, 0.3) is 0 Å². The molecule has 0 amide bonds. The van der Waals surface area contributed by atoms with Crippen molar-refractivity contribution in [3.8, 4) is 0 Å². The number of hydrogen-bond donors (Lipinski definition) is 1. The second-order valence-corrected chi connectivity index (χ2v) is 4.79. The van der Waals surface area contributed by atoms with Gasteiger partial charge < -0.3 is 9.88 Å². The highest BCUT2D eigenvalue weighted by Gasteiger charge is 2.25. The topological polar surface area (TPSA) is 47.7 Å². The first-order valence-electron chi connectivity index (χ1n) is 6.09. The van der Waals surface area contributed by atoms with Crippen LogP contribution < -0.4 is 5.32 Å². The molecule has 17 heavy (non-hydrogen) atoms. The predicted octanol–water partition coefficient (Wildman–Crippen LogP) is 2.74. The molecule has 0 unspecified atom stereocenters. The second-order valence-electron chi connectivity index (χ2n) is 4.79. The van der Waals surface area contributed by atoms with E-state index in [2.05, 4.69) is 33.8 Å². The zero-order valence-electron chi connectivity index (χ0n) is 10.2. The largest absolute Gasteiger partial charge is 0.314 e. The van der Waals surface area contributed by atoms with Gasteiger partial charge in [-0.2, -0.15) is 5.10 Å². The molecule has 5 nitrogen and oxygen atoms in total. The third-order valence-electron chi connectivity index (χ3n) is 2.99. The molecule has 5 heteroatoms. The van der Waals surface area contributed by atoms with Gasteiger partial charge in [-0.3, -0.25) is 4.68 Å². The fraction of sp³-hybridized carbons (Fsp3) is 0.500. The molecule has 90 valence electrons. The van der Waals surface area contributed by atoms with Crippen molar-refractivity contribution in [1.82, 2.24) is 19.3 Å². The van der Waals surface area contributed by atoms with Crippen LogP contribution in [-0.2, 0) is 0 Å². The highest BCUT2D eigenvalue weighted by molar-refractivity contribution is 5.47. The summed E-state index contributed by atoms with van der Waals surface area (Å²) < 4.78 is 4.13. The quantitative estimate of drug-likeness (QED) is 0.880. The van der Waals surface area contributed by atoms with Crippen LogP contribution in [0.2, 0.25) is 0 Å². The lowest BCUT2D eigenvalue weighted by atomic mass is 10.4. The van der Waals surface area contributed by atoms with Crippen molar-refractivity contribution < 1.29 is 0 Å². The number of rotatable bonds is 4. The maximum Gasteiger partial charge on any atom is 0.208 e. The summed E-state index contributed by atoms with van der Waals surface area (Å²) in [6, 6.07) is 2.99. The molecule has 1 fully saturated rings. The lowest BCUT2D eigenvalue weighted by Crippen LogP contribution is -2.04. The Morgan fingerprint density at radius 2 is 2.18 bits per heavy atom. The average molecular weight is 231 g/mol. The van der Waals surface area contributed by atoms with Gasteiger partial charge in [-0.05, 0) is 26.7 Å². The van der Waals surface area contributed by atoms with E-state index in [-0.39, 0.29) is 0 Å². The highest BCUT2D eigenvalue weighted by atomic mass is 15.3. The van der Waals surface area contributed by atoms with E-state index in [1.807, 2.05) is 29.3 Å². The van der Waals surface area contributed by atoms with Gasteiger partial charge in [-0.25, -0.2) is 4.98 Å². The van der Waals surface area contributed by atoms with Crippen LogP contribution in [0.5, 0.6) is 0 Å². The highest BCUT2D eigenvalue weighted by Crippen LogP contribution is 2.37. The summed E-state index contributed by atoms with van der Waals surface area (Å²) in [6.07, 6.45) is 8.36. The molecular weight excluding hydrogens is 214 g/mol. The van der Waals surface area contributed by atoms with Crippen molar-refractivity contribution >= 4 is 11.8 Å². The van der Waals surface area contributed by atoms with Crippen LogP contribution in [0.15, 0.2) is 24.7 Å². The molecule has 0 saturated heterocycles. The van der Waals surface area contributed by atoms with E-state index in [1.165, 1.54) is 12.8 Å². The van der Waals surface area contributed by atoms with E-state index < -0.39 is 0 Å². The number of hydrogen-bond acceptors (Lipinski definition) is 3. The van der Waals surface area contributed by atoms with Gasteiger partial charge in [0.15, 0.2) is 5.82 Å². The number of imidazole rings is 1. The predicted molar refractivity (Wildman–Crippen MR) is 66.4 cm³/mol. The zero-order chi connectivity index (χ0) is 11.8. The fourth-order valence-electron chi connectivity index (χ4n) is 1.86. The molecule has 2 aromatic rings. The second kappa shape index (κ2) is 3.91. The minimum absolute atomic E-state index is 0.383. The normalized spacial score (nSPS) is 15.5. The summed E-state index contributed by atoms with van der Waals surface area (Å²) in [6.45, 7) is 4.23. The summed E-state index contributed by atoms with van der Waals surface area (Å²) in [5.74, 6) is 1.74. The Kier molecular flexibility index (Phi) is 2.39. The molecule has 0 spiro atoms. The van der Waals surface area contributed by atoms with Crippen molar-refractivity contribution in [2.24, 2.45) is 0 Å². The van der Waals surface area contributed by atoms with Gasteiger partial charge in [0.2, 0.25) is 5.95 Å². The summed E-state index contributed by atoms with van der Waals surface area (Å²) >= 11 is 0. The molecule has 0 radical (unpaired) electrons. The van der Waals surface area contributed by atoms with Crippen LogP contribution >= 0.6 is 0 Å². The maximum absolute atomic E-state index is 4.46. The van der Waals surface area contributed by atoms with Crippen LogP contribution in [0.4, 0.5) is 11.8 Å². The van der Waals surface area contributed by atoms with Crippen LogP contribution in [-0.4, -0.2) is 19.3 Å². The van der Waals surface area contributed by atoms with E-state index in [4.69, 9.17) is 0 Å². The zero-order valence-corrected chi connectivity index (χ0v) is 10.2. The maximum atomic E-state index is 4.46. The number of nitrogens with one attached hydrogen (secondary N) is 1.